The number of hydrogen-bond donors (Lipinski definition) is 1. The summed E-state index contributed by atoms with van der Waals surface area (Å²) in [6.45, 7) is 6.59. The molecule has 1 nitrogen and oxygen atoms in total. The lowest BCUT2D eigenvalue weighted by Crippen LogP contribution is -2.01. The summed E-state index contributed by atoms with van der Waals surface area (Å²) < 4.78 is 0. The summed E-state index contributed by atoms with van der Waals surface area (Å²) in [6, 6.07) is 5.88. The highest BCUT2D eigenvalue weighted by Gasteiger charge is 1.99. The van der Waals surface area contributed by atoms with Crippen LogP contribution in [0.25, 0.3) is 0 Å². The van der Waals surface area contributed by atoms with Crippen molar-refractivity contribution in [3.63, 3.8) is 0 Å². The van der Waals surface area contributed by atoms with Crippen molar-refractivity contribution in [2.75, 3.05) is 11.9 Å². The average Bonchev–Trinajstić information content (AvgIpc) is 2.13. The summed E-state index contributed by atoms with van der Waals surface area (Å²) in [6.07, 6.45) is 2.86. The summed E-state index contributed by atoms with van der Waals surface area (Å²) in [5, 5.41) is 4.11. The molecule has 0 heterocycles. The summed E-state index contributed by atoms with van der Waals surface area (Å²) in [4.78, 5) is 0. The fraction of sp³-hybridized carbons (Fsp3) is 0.273. The average molecular weight is 196 g/mol. The number of anilines is 1. The lowest BCUT2D eigenvalue weighted by atomic mass is 10.2. The van der Waals surface area contributed by atoms with Crippen molar-refractivity contribution in [1.29, 1.82) is 0 Å². The zero-order valence-corrected chi connectivity index (χ0v) is 8.56. The van der Waals surface area contributed by atoms with Crippen LogP contribution in [0.5, 0.6) is 0 Å². The van der Waals surface area contributed by atoms with Crippen LogP contribution < -0.4 is 5.32 Å². The Morgan fingerprint density at radius 2 is 2.31 bits per heavy atom. The van der Waals surface area contributed by atoms with Crippen molar-refractivity contribution in [3.05, 3.63) is 41.4 Å². The van der Waals surface area contributed by atoms with E-state index < -0.39 is 0 Å². The largest absolute Gasteiger partial charge is 0.384 e. The molecule has 1 aromatic carbocycles. The van der Waals surface area contributed by atoms with Gasteiger partial charge in [0, 0.05) is 17.3 Å². The predicted molar refractivity (Wildman–Crippen MR) is 59.5 cm³/mol. The van der Waals surface area contributed by atoms with Gasteiger partial charge in [-0.25, -0.2) is 0 Å². The number of benzene rings is 1. The molecule has 0 aromatic heterocycles. The Morgan fingerprint density at radius 1 is 1.54 bits per heavy atom. The van der Waals surface area contributed by atoms with Gasteiger partial charge < -0.3 is 5.32 Å². The molecule has 0 aliphatic carbocycles. The molecule has 0 unspecified atom stereocenters. The van der Waals surface area contributed by atoms with Crippen LogP contribution in [-0.4, -0.2) is 6.54 Å². The van der Waals surface area contributed by atoms with Gasteiger partial charge in [-0.05, 0) is 31.0 Å². The van der Waals surface area contributed by atoms with Crippen LogP contribution >= 0.6 is 11.6 Å². The van der Waals surface area contributed by atoms with Gasteiger partial charge in [0.2, 0.25) is 0 Å². The van der Waals surface area contributed by atoms with Crippen LogP contribution in [0, 0.1) is 6.92 Å². The SMILES string of the molecule is C=CCCNc1cccc(Cl)c1C. The van der Waals surface area contributed by atoms with E-state index in [0.29, 0.717) is 0 Å². The maximum absolute atomic E-state index is 5.97. The van der Waals surface area contributed by atoms with E-state index in [0.717, 1.165) is 29.2 Å². The van der Waals surface area contributed by atoms with Gasteiger partial charge in [-0.1, -0.05) is 23.7 Å². The molecule has 0 amide bonds. The van der Waals surface area contributed by atoms with Crippen molar-refractivity contribution in [3.8, 4) is 0 Å². The summed E-state index contributed by atoms with van der Waals surface area (Å²) in [5.74, 6) is 0. The molecule has 1 rings (SSSR count). The maximum Gasteiger partial charge on any atom is 0.0455 e. The molecule has 1 N–H and O–H groups in total. The Labute approximate surface area is 84.4 Å². The van der Waals surface area contributed by atoms with Gasteiger partial charge in [0.05, 0.1) is 0 Å². The third kappa shape index (κ3) is 2.78. The second-order valence-electron chi connectivity index (χ2n) is 2.92. The lowest BCUT2D eigenvalue weighted by molar-refractivity contribution is 1.07. The lowest BCUT2D eigenvalue weighted by Gasteiger charge is -2.08. The highest BCUT2D eigenvalue weighted by atomic mass is 35.5. The van der Waals surface area contributed by atoms with E-state index in [9.17, 15) is 0 Å². The minimum atomic E-state index is 0.809. The fourth-order valence-electron chi connectivity index (χ4n) is 1.11. The van der Waals surface area contributed by atoms with Crippen molar-refractivity contribution >= 4 is 17.3 Å². The van der Waals surface area contributed by atoms with Crippen molar-refractivity contribution in [1.82, 2.24) is 0 Å². The first-order chi connectivity index (χ1) is 6.25. The molecule has 0 radical (unpaired) electrons. The van der Waals surface area contributed by atoms with E-state index >= 15 is 0 Å². The highest BCUT2D eigenvalue weighted by molar-refractivity contribution is 6.31. The van der Waals surface area contributed by atoms with E-state index in [2.05, 4.69) is 11.9 Å². The van der Waals surface area contributed by atoms with Crippen LogP contribution in [0.3, 0.4) is 0 Å². The minimum Gasteiger partial charge on any atom is -0.384 e. The molecule has 0 saturated heterocycles. The van der Waals surface area contributed by atoms with Gasteiger partial charge in [0.1, 0.15) is 0 Å². The number of hydrogen-bond acceptors (Lipinski definition) is 1. The van der Waals surface area contributed by atoms with Crippen LogP contribution in [0.2, 0.25) is 5.02 Å². The summed E-state index contributed by atoms with van der Waals surface area (Å²) >= 11 is 5.97. The van der Waals surface area contributed by atoms with E-state index in [1.165, 1.54) is 0 Å². The third-order valence-electron chi connectivity index (χ3n) is 1.93. The van der Waals surface area contributed by atoms with Crippen molar-refractivity contribution < 1.29 is 0 Å². The van der Waals surface area contributed by atoms with Gasteiger partial charge in [-0.3, -0.25) is 0 Å². The molecular formula is C11H14ClN. The smallest absolute Gasteiger partial charge is 0.0455 e. The minimum absolute atomic E-state index is 0.809. The first-order valence-electron chi connectivity index (χ1n) is 4.35. The molecule has 0 fully saturated rings. The van der Waals surface area contributed by atoms with Crippen LogP contribution in [0.4, 0.5) is 5.69 Å². The van der Waals surface area contributed by atoms with Crippen LogP contribution in [-0.2, 0) is 0 Å². The zero-order chi connectivity index (χ0) is 9.68. The molecule has 0 bridgehead atoms. The summed E-state index contributed by atoms with van der Waals surface area (Å²) in [5.41, 5.74) is 2.21. The van der Waals surface area contributed by atoms with Crippen LogP contribution in [0.15, 0.2) is 30.9 Å². The fourth-order valence-corrected chi connectivity index (χ4v) is 1.28. The first-order valence-corrected chi connectivity index (χ1v) is 4.73. The van der Waals surface area contributed by atoms with Gasteiger partial charge in [-0.2, -0.15) is 0 Å². The second-order valence-corrected chi connectivity index (χ2v) is 3.32. The number of rotatable bonds is 4. The van der Waals surface area contributed by atoms with Crippen molar-refractivity contribution in [2.45, 2.75) is 13.3 Å². The van der Waals surface area contributed by atoms with E-state index in [1.807, 2.05) is 31.2 Å². The Hall–Kier alpha value is -0.950. The topological polar surface area (TPSA) is 12.0 Å². The van der Waals surface area contributed by atoms with E-state index in [1.54, 1.807) is 0 Å². The molecule has 0 aliphatic rings. The van der Waals surface area contributed by atoms with Gasteiger partial charge in [0.25, 0.3) is 0 Å². The monoisotopic (exact) mass is 195 g/mol. The van der Waals surface area contributed by atoms with Gasteiger partial charge >= 0.3 is 0 Å². The zero-order valence-electron chi connectivity index (χ0n) is 7.81. The molecular weight excluding hydrogens is 182 g/mol. The molecule has 0 saturated carbocycles. The molecule has 0 aliphatic heterocycles. The van der Waals surface area contributed by atoms with Crippen molar-refractivity contribution in [2.24, 2.45) is 0 Å². The van der Waals surface area contributed by atoms with Gasteiger partial charge in [0.15, 0.2) is 0 Å². The quantitative estimate of drug-likeness (QED) is 0.572. The Kier molecular flexibility index (Phi) is 3.84. The van der Waals surface area contributed by atoms with Gasteiger partial charge in [-0.15, -0.1) is 6.58 Å². The molecule has 2 heteroatoms. The molecule has 13 heavy (non-hydrogen) atoms. The number of nitrogens with one attached hydrogen (secondary N) is 1. The van der Waals surface area contributed by atoms with E-state index in [-0.39, 0.29) is 0 Å². The van der Waals surface area contributed by atoms with E-state index in [4.69, 9.17) is 11.6 Å². The molecule has 70 valence electrons. The highest BCUT2D eigenvalue weighted by Crippen LogP contribution is 2.22. The second kappa shape index (κ2) is 4.93. The number of halogens is 1. The molecule has 0 spiro atoms. The third-order valence-corrected chi connectivity index (χ3v) is 2.34. The summed E-state index contributed by atoms with van der Waals surface area (Å²) in [7, 11) is 0. The Morgan fingerprint density at radius 3 is 3.00 bits per heavy atom. The normalized spacial score (nSPS) is 9.69. The Balaban J connectivity index is 2.65. The predicted octanol–water partition coefficient (Wildman–Crippen LogP) is 3.64. The molecule has 0 atom stereocenters. The maximum atomic E-state index is 5.97. The standard InChI is InChI=1S/C11H14ClN/c1-3-4-8-13-11-7-5-6-10(12)9(11)2/h3,5-7,13H,1,4,8H2,2H3. The first kappa shape index (κ1) is 10.1. The Bertz CT molecular complexity index is 294. The molecule has 1 aromatic rings. The van der Waals surface area contributed by atoms with Crippen LogP contribution in [0.1, 0.15) is 12.0 Å².